The number of anilines is 1. The minimum atomic E-state index is -0.952. The zero-order valence-corrected chi connectivity index (χ0v) is 15.9. The Morgan fingerprint density at radius 3 is 2.54 bits per heavy atom. The van der Waals surface area contributed by atoms with Gasteiger partial charge >= 0.3 is 11.7 Å². The van der Waals surface area contributed by atoms with Crippen LogP contribution in [0.15, 0.2) is 47.5 Å². The number of rotatable bonds is 2. The van der Waals surface area contributed by atoms with E-state index in [1.165, 1.54) is 0 Å². The standard InChI is InChI=1S/C20H23N5O3/c1-23-16-6-5-15(12-17(16)24(2)19(23)27)22-18(26)25-10-7-20(28,8-11-25)14-4-3-9-21-13-14/h3-6,9,12-13,28H,7-8,10-11H2,1-2H3,(H,22,26). The van der Waals surface area contributed by atoms with Crippen molar-refractivity contribution in [3.8, 4) is 0 Å². The van der Waals surface area contributed by atoms with Crippen LogP contribution in [-0.2, 0) is 19.7 Å². The highest BCUT2D eigenvalue weighted by atomic mass is 16.3. The Balaban J connectivity index is 1.46. The fourth-order valence-electron chi connectivity index (χ4n) is 3.79. The molecule has 3 heterocycles. The summed E-state index contributed by atoms with van der Waals surface area (Å²) < 4.78 is 3.13. The van der Waals surface area contributed by atoms with Crippen molar-refractivity contribution < 1.29 is 9.90 Å². The number of likely N-dealkylation sites (tertiary alicyclic amines) is 1. The van der Waals surface area contributed by atoms with E-state index in [2.05, 4.69) is 10.3 Å². The lowest BCUT2D eigenvalue weighted by Gasteiger charge is -2.38. The van der Waals surface area contributed by atoms with Crippen molar-refractivity contribution >= 4 is 22.8 Å². The summed E-state index contributed by atoms with van der Waals surface area (Å²) in [5, 5.41) is 13.8. The Labute approximate surface area is 162 Å². The number of aryl methyl sites for hydroxylation is 2. The van der Waals surface area contributed by atoms with Crippen molar-refractivity contribution in [2.75, 3.05) is 18.4 Å². The first-order chi connectivity index (χ1) is 13.4. The number of aromatic nitrogens is 3. The van der Waals surface area contributed by atoms with E-state index in [0.29, 0.717) is 31.6 Å². The summed E-state index contributed by atoms with van der Waals surface area (Å²) in [7, 11) is 3.43. The summed E-state index contributed by atoms with van der Waals surface area (Å²) in [6, 6.07) is 8.86. The molecule has 0 aliphatic carbocycles. The number of piperidine rings is 1. The summed E-state index contributed by atoms with van der Waals surface area (Å²) in [4.78, 5) is 30.5. The molecule has 8 heteroatoms. The fourth-order valence-corrected chi connectivity index (χ4v) is 3.79. The Kier molecular flexibility index (Phi) is 4.43. The zero-order chi connectivity index (χ0) is 19.9. The van der Waals surface area contributed by atoms with Crippen LogP contribution < -0.4 is 11.0 Å². The Morgan fingerprint density at radius 2 is 1.86 bits per heavy atom. The smallest absolute Gasteiger partial charge is 0.328 e. The van der Waals surface area contributed by atoms with Gasteiger partial charge in [-0.25, -0.2) is 9.59 Å². The van der Waals surface area contributed by atoms with Crippen molar-refractivity contribution in [3.63, 3.8) is 0 Å². The minimum Gasteiger partial charge on any atom is -0.385 e. The molecule has 2 N–H and O–H groups in total. The summed E-state index contributed by atoms with van der Waals surface area (Å²) in [6.07, 6.45) is 4.26. The van der Waals surface area contributed by atoms with Crippen LogP contribution in [0.1, 0.15) is 18.4 Å². The molecule has 0 radical (unpaired) electrons. The molecular formula is C20H23N5O3. The second-order valence-corrected chi connectivity index (χ2v) is 7.29. The van der Waals surface area contributed by atoms with Gasteiger partial charge in [0.1, 0.15) is 0 Å². The lowest BCUT2D eigenvalue weighted by molar-refractivity contribution is -0.0159. The molecule has 1 fully saturated rings. The van der Waals surface area contributed by atoms with Gasteiger partial charge in [0.05, 0.1) is 16.6 Å². The van der Waals surface area contributed by atoms with Gasteiger partial charge in [0.25, 0.3) is 0 Å². The molecule has 0 spiro atoms. The maximum atomic E-state index is 12.7. The second-order valence-electron chi connectivity index (χ2n) is 7.29. The Hall–Kier alpha value is -3.13. The number of hydrogen-bond acceptors (Lipinski definition) is 4. The number of amides is 2. The quantitative estimate of drug-likeness (QED) is 0.708. The van der Waals surface area contributed by atoms with E-state index in [-0.39, 0.29) is 11.7 Å². The van der Waals surface area contributed by atoms with Crippen molar-refractivity contribution in [3.05, 3.63) is 58.8 Å². The van der Waals surface area contributed by atoms with Gasteiger partial charge in [-0.3, -0.25) is 14.1 Å². The van der Waals surface area contributed by atoms with Crippen LogP contribution in [0.3, 0.4) is 0 Å². The molecule has 0 unspecified atom stereocenters. The molecule has 0 bridgehead atoms. The monoisotopic (exact) mass is 381 g/mol. The van der Waals surface area contributed by atoms with Crippen LogP contribution in [0.5, 0.6) is 0 Å². The number of pyridine rings is 1. The van der Waals surface area contributed by atoms with Gasteiger partial charge in [-0.15, -0.1) is 0 Å². The van der Waals surface area contributed by atoms with Crippen molar-refractivity contribution in [1.82, 2.24) is 19.0 Å². The predicted molar refractivity (Wildman–Crippen MR) is 106 cm³/mol. The van der Waals surface area contributed by atoms with Crippen LogP contribution in [0.2, 0.25) is 0 Å². The van der Waals surface area contributed by atoms with Crippen molar-refractivity contribution in [2.24, 2.45) is 14.1 Å². The Bertz CT molecular complexity index is 1080. The molecule has 1 aliphatic rings. The van der Waals surface area contributed by atoms with E-state index < -0.39 is 5.60 Å². The molecule has 146 valence electrons. The highest BCUT2D eigenvalue weighted by Crippen LogP contribution is 2.32. The summed E-state index contributed by atoms with van der Waals surface area (Å²) in [5.74, 6) is 0. The van der Waals surface area contributed by atoms with Gasteiger partial charge in [-0.2, -0.15) is 0 Å². The van der Waals surface area contributed by atoms with E-state index in [9.17, 15) is 14.7 Å². The molecule has 1 aromatic carbocycles. The fraction of sp³-hybridized carbons (Fsp3) is 0.350. The van der Waals surface area contributed by atoms with Crippen LogP contribution >= 0.6 is 0 Å². The van der Waals surface area contributed by atoms with Crippen LogP contribution in [-0.4, -0.2) is 43.2 Å². The van der Waals surface area contributed by atoms with E-state index >= 15 is 0 Å². The number of hydrogen-bond donors (Lipinski definition) is 2. The van der Waals surface area contributed by atoms with Crippen molar-refractivity contribution in [1.29, 1.82) is 0 Å². The number of fused-ring (bicyclic) bond motifs is 1. The van der Waals surface area contributed by atoms with E-state index in [1.807, 2.05) is 12.1 Å². The third-order valence-corrected chi connectivity index (χ3v) is 5.60. The third-order valence-electron chi connectivity index (χ3n) is 5.60. The van der Waals surface area contributed by atoms with Gasteiger partial charge in [0, 0.05) is 50.8 Å². The number of carbonyl (C=O) groups is 1. The van der Waals surface area contributed by atoms with E-state index in [0.717, 1.165) is 16.6 Å². The summed E-state index contributed by atoms with van der Waals surface area (Å²) in [5.41, 5.74) is 1.92. The molecule has 8 nitrogen and oxygen atoms in total. The summed E-state index contributed by atoms with van der Waals surface area (Å²) >= 11 is 0. The first-order valence-corrected chi connectivity index (χ1v) is 9.23. The first kappa shape index (κ1) is 18.2. The minimum absolute atomic E-state index is 0.107. The van der Waals surface area contributed by atoms with Gasteiger partial charge in [-0.05, 0) is 37.1 Å². The van der Waals surface area contributed by atoms with Crippen LogP contribution in [0.25, 0.3) is 11.0 Å². The van der Waals surface area contributed by atoms with Crippen molar-refractivity contribution in [2.45, 2.75) is 18.4 Å². The molecule has 1 saturated heterocycles. The van der Waals surface area contributed by atoms with Crippen LogP contribution in [0.4, 0.5) is 10.5 Å². The number of aliphatic hydroxyl groups is 1. The van der Waals surface area contributed by atoms with Gasteiger partial charge in [0.2, 0.25) is 0 Å². The van der Waals surface area contributed by atoms with Crippen LogP contribution in [0, 0.1) is 0 Å². The van der Waals surface area contributed by atoms with E-state index in [4.69, 9.17) is 0 Å². The largest absolute Gasteiger partial charge is 0.385 e. The number of urea groups is 1. The molecule has 2 amide bonds. The maximum Gasteiger partial charge on any atom is 0.328 e. The molecule has 28 heavy (non-hydrogen) atoms. The lowest BCUT2D eigenvalue weighted by atomic mass is 9.85. The lowest BCUT2D eigenvalue weighted by Crippen LogP contribution is -2.46. The number of carbonyl (C=O) groups excluding carboxylic acids is 1. The number of nitrogens with zero attached hydrogens (tertiary/aromatic N) is 4. The normalized spacial score (nSPS) is 16.3. The topological polar surface area (TPSA) is 92.4 Å². The second kappa shape index (κ2) is 6.79. The predicted octanol–water partition coefficient (Wildman–Crippen LogP) is 1.79. The average Bonchev–Trinajstić information content (AvgIpc) is 2.93. The maximum absolute atomic E-state index is 12.7. The highest BCUT2D eigenvalue weighted by molar-refractivity contribution is 5.92. The molecular weight excluding hydrogens is 358 g/mol. The molecule has 4 rings (SSSR count). The SMILES string of the molecule is Cn1c(=O)n(C)c2cc(NC(=O)N3CCC(O)(c4cccnc4)CC3)ccc21. The summed E-state index contributed by atoms with van der Waals surface area (Å²) in [6.45, 7) is 0.895. The van der Waals surface area contributed by atoms with E-state index in [1.54, 1.807) is 58.7 Å². The van der Waals surface area contributed by atoms with Gasteiger partial charge in [-0.1, -0.05) is 6.07 Å². The first-order valence-electron chi connectivity index (χ1n) is 9.23. The zero-order valence-electron chi connectivity index (χ0n) is 15.9. The molecule has 0 atom stereocenters. The number of benzene rings is 1. The third kappa shape index (κ3) is 3.05. The molecule has 0 saturated carbocycles. The molecule has 1 aliphatic heterocycles. The van der Waals surface area contributed by atoms with Gasteiger partial charge in [0.15, 0.2) is 0 Å². The number of nitrogens with one attached hydrogen (secondary N) is 1. The highest BCUT2D eigenvalue weighted by Gasteiger charge is 2.35. The molecule has 2 aromatic heterocycles. The van der Waals surface area contributed by atoms with Gasteiger partial charge < -0.3 is 15.3 Å². The Morgan fingerprint density at radius 1 is 1.14 bits per heavy atom. The number of imidazole rings is 1. The average molecular weight is 381 g/mol. The molecule has 3 aromatic rings.